The lowest BCUT2D eigenvalue weighted by Gasteiger charge is -2.29. The molecule has 0 heterocycles. The van der Waals surface area contributed by atoms with Crippen LogP contribution in [0.25, 0.3) is 0 Å². The number of hydrogen-bond donors (Lipinski definition) is 1. The van der Waals surface area contributed by atoms with Crippen LogP contribution in [0.2, 0.25) is 10.0 Å². The molecule has 0 bridgehead atoms. The molecule has 0 fully saturated rings. The Hall–Kier alpha value is -1.15. The smallest absolute Gasteiger partial charge is 0.115 e. The van der Waals surface area contributed by atoms with Crippen LogP contribution in [0, 0.1) is 0 Å². The molecule has 1 unspecified atom stereocenters. The highest BCUT2D eigenvalue weighted by Crippen LogP contribution is 2.56. The van der Waals surface area contributed by atoms with Gasteiger partial charge >= 0.3 is 0 Å². The van der Waals surface area contributed by atoms with E-state index in [0.717, 1.165) is 10.6 Å². The summed E-state index contributed by atoms with van der Waals surface area (Å²) in [5.41, 5.74) is 0.681. The Morgan fingerprint density at radius 1 is 0.750 bits per heavy atom. The topological polar surface area (TPSA) is 20.2 Å². The molecule has 3 rings (SSSR count). The number of aliphatic hydroxyl groups is 1. The third kappa shape index (κ3) is 3.31. The molecule has 0 amide bonds. The number of aliphatic hydroxyl groups excluding tert-OH is 1. The Balaban J connectivity index is 2.18. The van der Waals surface area contributed by atoms with Gasteiger partial charge in [-0.2, -0.15) is 0 Å². The Bertz CT molecular complexity index is 841. The third-order valence-corrected chi connectivity index (χ3v) is 9.59. The van der Waals surface area contributed by atoms with Gasteiger partial charge in [0.25, 0.3) is 0 Å². The highest BCUT2D eigenvalue weighted by Gasteiger charge is 2.32. The van der Waals surface area contributed by atoms with E-state index < -0.39 is 11.9 Å². The fourth-order valence-corrected chi connectivity index (χ4v) is 6.69. The minimum absolute atomic E-state index is 0.413. The van der Waals surface area contributed by atoms with Crippen LogP contribution in [-0.4, -0.2) is 5.11 Å². The van der Waals surface area contributed by atoms with Gasteiger partial charge in [-0.25, -0.2) is 0 Å². The summed E-state index contributed by atoms with van der Waals surface area (Å²) in [5, 5.41) is 14.0. The summed E-state index contributed by atoms with van der Waals surface area (Å²) < 4.78 is 0. The maximum Gasteiger partial charge on any atom is 0.115 e. The van der Waals surface area contributed by atoms with Gasteiger partial charge in [-0.15, -0.1) is 0 Å². The van der Waals surface area contributed by atoms with Crippen LogP contribution in [-0.2, 0) is 11.8 Å². The van der Waals surface area contributed by atoms with E-state index in [1.165, 1.54) is 0 Å². The highest BCUT2D eigenvalue weighted by molar-refractivity contribution is 8.21. The summed E-state index contributed by atoms with van der Waals surface area (Å²) >= 11 is 18.2. The minimum atomic E-state index is -2.48. The van der Waals surface area contributed by atoms with Gasteiger partial charge in [0.05, 0.1) is 10.0 Å². The van der Waals surface area contributed by atoms with Crippen LogP contribution < -0.4 is 10.6 Å². The molecule has 0 saturated heterocycles. The summed E-state index contributed by atoms with van der Waals surface area (Å²) in [6.45, 7) is 0. The standard InChI is InChI=1S/C19H15Cl2OPS/c20-17-12-11-14(13-18(17)21)19(22)23(24,15-7-3-1-4-8-15)16-9-5-2-6-10-16/h1-13,19,22H. The lowest BCUT2D eigenvalue weighted by molar-refractivity contribution is 0.265. The first kappa shape index (κ1) is 17.7. The average molecular weight is 393 g/mol. The van der Waals surface area contributed by atoms with E-state index in [0.29, 0.717) is 15.6 Å². The van der Waals surface area contributed by atoms with Crippen molar-refractivity contribution in [2.24, 2.45) is 0 Å². The number of hydrogen-bond acceptors (Lipinski definition) is 2. The molecular formula is C19H15Cl2OPS. The van der Waals surface area contributed by atoms with Crippen molar-refractivity contribution in [3.63, 3.8) is 0 Å². The van der Waals surface area contributed by atoms with Gasteiger partial charge in [0, 0.05) is 6.04 Å². The van der Waals surface area contributed by atoms with E-state index >= 15 is 0 Å². The molecule has 0 aliphatic carbocycles. The van der Waals surface area contributed by atoms with Crippen molar-refractivity contribution in [2.45, 2.75) is 5.85 Å². The van der Waals surface area contributed by atoms with Crippen LogP contribution in [0.15, 0.2) is 78.9 Å². The quantitative estimate of drug-likeness (QED) is 0.622. The molecule has 3 aromatic carbocycles. The van der Waals surface area contributed by atoms with Crippen LogP contribution in [0.4, 0.5) is 0 Å². The SMILES string of the molecule is OC(c1ccc(Cl)c(Cl)c1)P(=S)(c1ccccc1)c1ccccc1. The summed E-state index contributed by atoms with van der Waals surface area (Å²) in [7, 11) is 0. The summed E-state index contributed by atoms with van der Waals surface area (Å²) in [4.78, 5) is 0. The Morgan fingerprint density at radius 2 is 1.25 bits per heavy atom. The molecule has 122 valence electrons. The molecule has 0 aliphatic rings. The van der Waals surface area contributed by atoms with E-state index in [9.17, 15) is 5.11 Å². The fourth-order valence-electron chi connectivity index (χ4n) is 2.61. The Kier molecular flexibility index (Phi) is 5.44. The largest absolute Gasteiger partial charge is 0.382 e. The average Bonchev–Trinajstić information content (AvgIpc) is 2.64. The van der Waals surface area contributed by atoms with Crippen LogP contribution in [0.1, 0.15) is 11.4 Å². The molecular weight excluding hydrogens is 378 g/mol. The van der Waals surface area contributed by atoms with Crippen molar-refractivity contribution in [2.75, 3.05) is 0 Å². The third-order valence-electron chi connectivity index (χ3n) is 3.87. The van der Waals surface area contributed by atoms with Gasteiger partial charge < -0.3 is 5.11 Å². The van der Waals surface area contributed by atoms with Crippen molar-refractivity contribution >= 4 is 51.7 Å². The van der Waals surface area contributed by atoms with Gasteiger partial charge in [-0.3, -0.25) is 0 Å². The lowest BCUT2D eigenvalue weighted by atomic mass is 10.2. The zero-order valence-electron chi connectivity index (χ0n) is 12.6. The molecule has 24 heavy (non-hydrogen) atoms. The molecule has 1 atom stereocenters. The van der Waals surface area contributed by atoms with Crippen LogP contribution in [0.3, 0.4) is 0 Å². The van der Waals surface area contributed by atoms with Gasteiger partial charge in [0.1, 0.15) is 5.85 Å². The van der Waals surface area contributed by atoms with E-state index in [1.807, 2.05) is 60.7 Å². The minimum Gasteiger partial charge on any atom is -0.382 e. The molecule has 5 heteroatoms. The van der Waals surface area contributed by atoms with Crippen molar-refractivity contribution in [1.29, 1.82) is 0 Å². The Morgan fingerprint density at radius 3 is 1.71 bits per heavy atom. The van der Waals surface area contributed by atoms with Crippen molar-refractivity contribution < 1.29 is 5.11 Å². The van der Waals surface area contributed by atoms with Gasteiger partial charge in [-0.05, 0) is 28.3 Å². The Labute approximate surface area is 156 Å². The molecule has 0 radical (unpaired) electrons. The van der Waals surface area contributed by atoms with E-state index in [4.69, 9.17) is 35.0 Å². The van der Waals surface area contributed by atoms with Gasteiger partial charge in [-0.1, -0.05) is 102 Å². The zero-order valence-corrected chi connectivity index (χ0v) is 15.9. The maximum atomic E-state index is 11.2. The van der Waals surface area contributed by atoms with Crippen molar-refractivity contribution in [1.82, 2.24) is 0 Å². The molecule has 0 aromatic heterocycles. The van der Waals surface area contributed by atoms with Crippen LogP contribution >= 0.6 is 29.2 Å². The fraction of sp³-hybridized carbons (Fsp3) is 0.0526. The number of benzene rings is 3. The van der Waals surface area contributed by atoms with Crippen molar-refractivity contribution in [3.05, 3.63) is 94.5 Å². The van der Waals surface area contributed by atoms with Gasteiger partial charge in [0.15, 0.2) is 0 Å². The normalized spacial score (nSPS) is 12.8. The van der Waals surface area contributed by atoms with E-state index in [1.54, 1.807) is 18.2 Å². The van der Waals surface area contributed by atoms with Crippen molar-refractivity contribution in [3.8, 4) is 0 Å². The van der Waals surface area contributed by atoms with E-state index in [2.05, 4.69) is 0 Å². The first-order valence-electron chi connectivity index (χ1n) is 7.37. The second-order valence-corrected chi connectivity index (χ2v) is 10.8. The predicted molar refractivity (Wildman–Crippen MR) is 108 cm³/mol. The molecule has 1 nitrogen and oxygen atoms in total. The van der Waals surface area contributed by atoms with Gasteiger partial charge in [0.2, 0.25) is 0 Å². The molecule has 3 aromatic rings. The van der Waals surface area contributed by atoms with Crippen LogP contribution in [0.5, 0.6) is 0 Å². The molecule has 0 aliphatic heterocycles. The lowest BCUT2D eigenvalue weighted by Crippen LogP contribution is -2.21. The number of rotatable bonds is 4. The predicted octanol–water partition coefficient (Wildman–Crippen LogP) is 5.11. The second-order valence-electron chi connectivity index (χ2n) is 5.38. The second kappa shape index (κ2) is 7.39. The summed E-state index contributed by atoms with van der Waals surface area (Å²) in [6.07, 6.45) is 0. The summed E-state index contributed by atoms with van der Waals surface area (Å²) in [6, 6.07) is 22.3. The van der Waals surface area contributed by atoms with E-state index in [-0.39, 0.29) is 0 Å². The first-order valence-corrected chi connectivity index (χ1v) is 11.0. The first-order chi connectivity index (χ1) is 11.5. The molecule has 1 N–H and O–H groups in total. The molecule has 0 saturated carbocycles. The monoisotopic (exact) mass is 392 g/mol. The maximum absolute atomic E-state index is 11.2. The highest BCUT2D eigenvalue weighted by atomic mass is 35.5. The zero-order chi connectivity index (χ0) is 17.2. The number of halogens is 2. The molecule has 0 spiro atoms. The summed E-state index contributed by atoms with van der Waals surface area (Å²) in [5.74, 6) is -0.841.